The molecular formula is C35H37FN4O5S. The number of carbonyl (C=O) groups excluding carboxylic acids is 2. The van der Waals surface area contributed by atoms with E-state index in [2.05, 4.69) is 21.8 Å². The number of para-hydroxylation sites is 1. The van der Waals surface area contributed by atoms with Gasteiger partial charge in [0.1, 0.15) is 5.82 Å². The second kappa shape index (κ2) is 13.1. The van der Waals surface area contributed by atoms with Crippen molar-refractivity contribution in [2.45, 2.75) is 56.7 Å². The van der Waals surface area contributed by atoms with Crippen LogP contribution < -0.4 is 15.2 Å². The molecule has 0 spiro atoms. The van der Waals surface area contributed by atoms with Gasteiger partial charge in [0, 0.05) is 60.1 Å². The summed E-state index contributed by atoms with van der Waals surface area (Å²) >= 11 is 0. The van der Waals surface area contributed by atoms with Gasteiger partial charge < -0.3 is 9.80 Å². The number of hydrogen-bond acceptors (Lipinski definition) is 6. The molecule has 2 aliphatic rings. The molecule has 6 rings (SSSR count). The van der Waals surface area contributed by atoms with Crippen molar-refractivity contribution in [1.82, 2.24) is 14.2 Å². The van der Waals surface area contributed by atoms with E-state index in [4.69, 9.17) is 0 Å². The summed E-state index contributed by atoms with van der Waals surface area (Å²) in [6.45, 7) is 4.03. The highest BCUT2D eigenvalue weighted by Gasteiger charge is 2.36. The molecule has 3 aromatic carbocycles. The Morgan fingerprint density at radius 1 is 0.913 bits per heavy atom. The highest BCUT2D eigenvalue weighted by Crippen LogP contribution is 2.27. The first-order chi connectivity index (χ1) is 22.1. The van der Waals surface area contributed by atoms with E-state index in [1.165, 1.54) is 28.8 Å². The molecule has 11 heteroatoms. The molecule has 9 nitrogen and oxygen atoms in total. The monoisotopic (exact) mass is 644 g/mol. The molecule has 1 aromatic heterocycles. The van der Waals surface area contributed by atoms with Crippen molar-refractivity contribution in [3.63, 3.8) is 0 Å². The summed E-state index contributed by atoms with van der Waals surface area (Å²) in [5.41, 5.74) is 2.47. The Labute approximate surface area is 267 Å². The summed E-state index contributed by atoms with van der Waals surface area (Å²) < 4.78 is 41.6. The molecule has 0 bridgehead atoms. The summed E-state index contributed by atoms with van der Waals surface area (Å²) in [5.74, 6) is -1.06. The quantitative estimate of drug-likeness (QED) is 0.249. The normalized spacial score (nSPS) is 16.9. The van der Waals surface area contributed by atoms with Crippen LogP contribution in [0.25, 0.3) is 16.5 Å². The summed E-state index contributed by atoms with van der Waals surface area (Å²) in [6, 6.07) is 22.7. The van der Waals surface area contributed by atoms with Gasteiger partial charge in [0.25, 0.3) is 11.5 Å². The molecule has 2 amide bonds. The molecule has 1 saturated heterocycles. The van der Waals surface area contributed by atoms with E-state index in [9.17, 15) is 27.2 Å². The van der Waals surface area contributed by atoms with Gasteiger partial charge in [-0.25, -0.2) is 12.8 Å². The van der Waals surface area contributed by atoms with Crippen LogP contribution in [0.15, 0.2) is 83.7 Å². The van der Waals surface area contributed by atoms with Crippen LogP contribution in [0, 0.1) is 5.82 Å². The van der Waals surface area contributed by atoms with Crippen LogP contribution in [0.1, 0.15) is 55.1 Å². The van der Waals surface area contributed by atoms with Gasteiger partial charge >= 0.3 is 0 Å². The van der Waals surface area contributed by atoms with Gasteiger partial charge in [0.2, 0.25) is 15.9 Å². The number of hydrogen-bond donors (Lipinski definition) is 1. The summed E-state index contributed by atoms with van der Waals surface area (Å²) in [7, 11) is -3.60. The molecule has 1 unspecified atom stereocenters. The number of carbonyl (C=O) groups is 2. The zero-order valence-corrected chi connectivity index (χ0v) is 26.5. The number of rotatable bonds is 10. The number of pyridine rings is 1. The Morgan fingerprint density at radius 3 is 2.35 bits per heavy atom. The lowest BCUT2D eigenvalue weighted by atomic mass is 10.0. The molecule has 46 heavy (non-hydrogen) atoms. The number of amides is 2. The Kier molecular flexibility index (Phi) is 8.95. The van der Waals surface area contributed by atoms with Crippen LogP contribution in [-0.4, -0.2) is 60.6 Å². The number of nitrogens with one attached hydrogen (secondary N) is 1. The average Bonchev–Trinajstić information content (AvgIpc) is 3.90. The molecule has 2 heterocycles. The van der Waals surface area contributed by atoms with Crippen molar-refractivity contribution in [2.24, 2.45) is 0 Å². The number of aromatic nitrogens is 1. The number of piperazine rings is 1. The van der Waals surface area contributed by atoms with Gasteiger partial charge in [0.15, 0.2) is 0 Å². The third-order valence-electron chi connectivity index (χ3n) is 8.74. The van der Waals surface area contributed by atoms with E-state index >= 15 is 0 Å². The van der Waals surface area contributed by atoms with E-state index in [0.29, 0.717) is 79.5 Å². The maximum absolute atomic E-state index is 13.8. The molecule has 1 atom stereocenters. The van der Waals surface area contributed by atoms with E-state index < -0.39 is 27.0 Å². The van der Waals surface area contributed by atoms with Crippen molar-refractivity contribution in [3.8, 4) is 5.69 Å². The van der Waals surface area contributed by atoms with Crippen LogP contribution in [0.5, 0.6) is 0 Å². The Hall–Kier alpha value is -4.51. The summed E-state index contributed by atoms with van der Waals surface area (Å²) in [6.07, 6.45) is 2.50. The minimum atomic E-state index is -3.60. The van der Waals surface area contributed by atoms with Gasteiger partial charge in [-0.1, -0.05) is 18.2 Å². The predicted octanol–water partition coefficient (Wildman–Crippen LogP) is 4.80. The maximum Gasteiger partial charge on any atom is 0.263 e. The minimum Gasteiger partial charge on any atom is -0.368 e. The van der Waals surface area contributed by atoms with Gasteiger partial charge in [0.05, 0.1) is 5.25 Å². The van der Waals surface area contributed by atoms with Crippen LogP contribution >= 0.6 is 0 Å². The fourth-order valence-corrected chi connectivity index (χ4v) is 7.47. The number of halogens is 1. The Bertz CT molecular complexity index is 1920. The first-order valence-corrected chi connectivity index (χ1v) is 17.3. The van der Waals surface area contributed by atoms with Crippen LogP contribution in [0.2, 0.25) is 0 Å². The standard InChI is InChI=1S/C35H37FN4O5S/c1-24-23-38(28-7-3-2-4-8-28)19-20-39(24)34(42)25-11-18-32-26(21-25)22-30(40(35(32)43)29-14-12-27(36)13-15-29)9-5-6-10-33(41)37-46(44,45)31-16-17-31/h2-4,7-8,11-15,18,21-22,24,31H,5-6,9-10,16-17,19-20,23H2,1H3,(H,37,41). The topological polar surface area (TPSA) is 109 Å². The van der Waals surface area contributed by atoms with Crippen LogP contribution in [-0.2, 0) is 21.2 Å². The van der Waals surface area contributed by atoms with E-state index in [0.717, 1.165) is 5.69 Å². The lowest BCUT2D eigenvalue weighted by Gasteiger charge is -2.41. The van der Waals surface area contributed by atoms with Gasteiger partial charge in [-0.3, -0.25) is 23.7 Å². The fraction of sp³-hybridized carbons (Fsp3) is 0.343. The maximum atomic E-state index is 13.8. The number of sulfonamides is 1. The second-order valence-corrected chi connectivity index (χ2v) is 14.1. The number of fused-ring (bicyclic) bond motifs is 1. The Morgan fingerprint density at radius 2 is 1.65 bits per heavy atom. The molecule has 4 aromatic rings. The van der Waals surface area contributed by atoms with Gasteiger partial charge in [-0.15, -0.1) is 0 Å². The predicted molar refractivity (Wildman–Crippen MR) is 176 cm³/mol. The van der Waals surface area contributed by atoms with Crippen molar-refractivity contribution in [3.05, 3.63) is 106 Å². The molecular weight excluding hydrogens is 607 g/mol. The largest absolute Gasteiger partial charge is 0.368 e. The van der Waals surface area contributed by atoms with Crippen molar-refractivity contribution >= 4 is 38.3 Å². The third-order valence-corrected chi connectivity index (χ3v) is 10.6. The number of anilines is 1. The average molecular weight is 645 g/mol. The van der Waals surface area contributed by atoms with E-state index in [1.54, 1.807) is 18.2 Å². The van der Waals surface area contributed by atoms with Crippen LogP contribution in [0.3, 0.4) is 0 Å². The number of unbranched alkanes of at least 4 members (excludes halogenated alkanes) is 1. The highest BCUT2D eigenvalue weighted by atomic mass is 32.2. The van der Waals surface area contributed by atoms with Crippen molar-refractivity contribution in [1.29, 1.82) is 0 Å². The van der Waals surface area contributed by atoms with Gasteiger partial charge in [-0.2, -0.15) is 0 Å². The summed E-state index contributed by atoms with van der Waals surface area (Å²) in [5, 5.41) is 0.572. The van der Waals surface area contributed by atoms with Crippen molar-refractivity contribution < 1.29 is 22.4 Å². The molecule has 1 aliphatic heterocycles. The third kappa shape index (κ3) is 6.84. The first-order valence-electron chi connectivity index (χ1n) is 15.7. The zero-order valence-electron chi connectivity index (χ0n) is 25.7. The molecule has 1 saturated carbocycles. The summed E-state index contributed by atoms with van der Waals surface area (Å²) in [4.78, 5) is 44.0. The number of aryl methyl sites for hydroxylation is 1. The molecule has 1 N–H and O–H groups in total. The minimum absolute atomic E-state index is 0.0179. The van der Waals surface area contributed by atoms with Crippen LogP contribution in [0.4, 0.5) is 10.1 Å². The van der Waals surface area contributed by atoms with Gasteiger partial charge in [-0.05, 0) is 105 Å². The highest BCUT2D eigenvalue weighted by molar-refractivity contribution is 7.90. The SMILES string of the molecule is CC1CN(c2ccccc2)CCN1C(=O)c1ccc2c(=O)n(-c3ccc(F)cc3)c(CCCCC(=O)NS(=O)(=O)C3CC3)cc2c1. The zero-order chi connectivity index (χ0) is 32.4. The molecule has 2 fully saturated rings. The molecule has 0 radical (unpaired) electrons. The fourth-order valence-electron chi connectivity index (χ4n) is 6.12. The first kappa shape index (κ1) is 31.5. The second-order valence-electron chi connectivity index (χ2n) is 12.2. The number of nitrogens with zero attached hydrogens (tertiary/aromatic N) is 3. The van der Waals surface area contributed by atoms with E-state index in [-0.39, 0.29) is 23.9 Å². The van der Waals surface area contributed by atoms with Crippen molar-refractivity contribution in [2.75, 3.05) is 24.5 Å². The van der Waals surface area contributed by atoms with E-state index in [1.807, 2.05) is 36.1 Å². The molecule has 240 valence electrons. The lowest BCUT2D eigenvalue weighted by molar-refractivity contribution is -0.119. The smallest absolute Gasteiger partial charge is 0.263 e. The Balaban J connectivity index is 1.22. The number of benzene rings is 3. The molecule has 1 aliphatic carbocycles. The lowest BCUT2D eigenvalue weighted by Crippen LogP contribution is -2.54.